The molecule has 11 heavy (non-hydrogen) atoms. The van der Waals surface area contributed by atoms with Gasteiger partial charge in [0.2, 0.25) is 0 Å². The molecule has 0 heterocycles. The van der Waals surface area contributed by atoms with Gasteiger partial charge in [0.15, 0.2) is 0 Å². The molecular weight excluding hydrogens is 140 g/mol. The molecule has 0 bridgehead atoms. The van der Waals surface area contributed by atoms with Crippen LogP contribution in [0.5, 0.6) is 0 Å². The summed E-state index contributed by atoms with van der Waals surface area (Å²) < 4.78 is 0. The number of hydrogen-bond acceptors (Lipinski definition) is 1. The van der Waals surface area contributed by atoms with Crippen LogP contribution in [0.4, 0.5) is 0 Å². The molecule has 2 heteroatoms. The first-order valence-electron chi connectivity index (χ1n) is 3.67. The second kappa shape index (κ2) is 2.91. The molecule has 0 spiro atoms. The summed E-state index contributed by atoms with van der Waals surface area (Å²) in [5.74, 6) is -0.745. The van der Waals surface area contributed by atoms with Gasteiger partial charge >= 0.3 is 5.97 Å². The molecule has 0 radical (unpaired) electrons. The first-order chi connectivity index (χ1) is 5.09. The Morgan fingerprint density at radius 3 is 2.64 bits per heavy atom. The molecule has 1 aliphatic carbocycles. The monoisotopic (exact) mass is 152 g/mol. The molecule has 0 saturated heterocycles. The van der Waals surface area contributed by atoms with Crippen LogP contribution < -0.4 is 0 Å². The number of carbonyl (C=O) groups is 1. The molecule has 0 aromatic heterocycles. The second-order valence-corrected chi connectivity index (χ2v) is 3.04. The van der Waals surface area contributed by atoms with E-state index in [1.807, 2.05) is 19.9 Å². The highest BCUT2D eigenvalue weighted by molar-refractivity contribution is 5.72. The molecule has 1 N–H and O–H groups in total. The summed E-state index contributed by atoms with van der Waals surface area (Å²) in [6, 6.07) is 0. The number of allylic oxidation sites excluding steroid dienone is 3. The van der Waals surface area contributed by atoms with Crippen molar-refractivity contribution in [3.8, 4) is 0 Å². The molecular formula is C9H12O2. The third-order valence-electron chi connectivity index (χ3n) is 1.85. The zero-order chi connectivity index (χ0) is 8.43. The highest BCUT2D eigenvalue weighted by atomic mass is 16.4. The lowest BCUT2D eigenvalue weighted by molar-refractivity contribution is -0.136. The zero-order valence-corrected chi connectivity index (χ0v) is 6.85. The van der Waals surface area contributed by atoms with Crippen LogP contribution in [0, 0.1) is 0 Å². The minimum Gasteiger partial charge on any atom is -0.481 e. The van der Waals surface area contributed by atoms with Crippen molar-refractivity contribution in [3.05, 3.63) is 22.8 Å². The molecule has 2 nitrogen and oxygen atoms in total. The smallest absolute Gasteiger partial charge is 0.307 e. The molecule has 0 unspecified atom stereocenters. The van der Waals surface area contributed by atoms with Gasteiger partial charge in [0, 0.05) is 0 Å². The van der Waals surface area contributed by atoms with E-state index in [1.54, 1.807) is 0 Å². The Morgan fingerprint density at radius 1 is 1.64 bits per heavy atom. The fourth-order valence-corrected chi connectivity index (χ4v) is 1.37. The van der Waals surface area contributed by atoms with Gasteiger partial charge in [0.05, 0.1) is 6.42 Å². The molecule has 0 aromatic carbocycles. The summed E-state index contributed by atoms with van der Waals surface area (Å²) in [6.07, 6.45) is 3.09. The number of carboxylic acid groups (broad SMARTS) is 1. The Balaban J connectivity index is 2.70. The summed E-state index contributed by atoms with van der Waals surface area (Å²) >= 11 is 0. The van der Waals surface area contributed by atoms with Gasteiger partial charge < -0.3 is 5.11 Å². The van der Waals surface area contributed by atoms with Gasteiger partial charge in [0.25, 0.3) is 0 Å². The van der Waals surface area contributed by atoms with Gasteiger partial charge in [0.1, 0.15) is 0 Å². The van der Waals surface area contributed by atoms with Gasteiger partial charge in [-0.1, -0.05) is 17.2 Å². The van der Waals surface area contributed by atoms with E-state index in [2.05, 4.69) is 0 Å². The van der Waals surface area contributed by atoms with E-state index in [0.29, 0.717) is 0 Å². The third kappa shape index (κ3) is 1.93. The van der Waals surface area contributed by atoms with Gasteiger partial charge in [-0.3, -0.25) is 4.79 Å². The Hall–Kier alpha value is -1.05. The summed E-state index contributed by atoms with van der Waals surface area (Å²) in [6.45, 7) is 4.02. The standard InChI is InChI=1S/C9H12O2/c1-6-3-7(2)8(4-6)5-9(10)11/h4H,3,5H2,1-2H3,(H,10,11). The fourth-order valence-electron chi connectivity index (χ4n) is 1.37. The Bertz CT molecular complexity index is 246. The van der Waals surface area contributed by atoms with Crippen LogP contribution in [0.15, 0.2) is 22.8 Å². The largest absolute Gasteiger partial charge is 0.481 e. The van der Waals surface area contributed by atoms with Gasteiger partial charge in [-0.05, 0) is 25.8 Å². The van der Waals surface area contributed by atoms with Crippen molar-refractivity contribution < 1.29 is 9.90 Å². The maximum absolute atomic E-state index is 10.3. The number of hydrogen-bond donors (Lipinski definition) is 1. The minimum absolute atomic E-state index is 0.170. The summed E-state index contributed by atoms with van der Waals surface area (Å²) in [4.78, 5) is 10.3. The van der Waals surface area contributed by atoms with Crippen LogP contribution in [0.1, 0.15) is 26.7 Å². The van der Waals surface area contributed by atoms with Crippen LogP contribution in [0.2, 0.25) is 0 Å². The van der Waals surface area contributed by atoms with E-state index in [-0.39, 0.29) is 6.42 Å². The molecule has 0 atom stereocenters. The maximum Gasteiger partial charge on any atom is 0.307 e. The van der Waals surface area contributed by atoms with Crippen LogP contribution in [0.3, 0.4) is 0 Å². The van der Waals surface area contributed by atoms with E-state index in [0.717, 1.165) is 12.0 Å². The van der Waals surface area contributed by atoms with E-state index in [9.17, 15) is 4.79 Å². The van der Waals surface area contributed by atoms with Gasteiger partial charge in [-0.2, -0.15) is 0 Å². The molecule has 1 aliphatic rings. The number of aliphatic carboxylic acids is 1. The summed E-state index contributed by atoms with van der Waals surface area (Å²) in [5, 5.41) is 8.51. The molecule has 0 fully saturated rings. The number of carboxylic acids is 1. The van der Waals surface area contributed by atoms with Gasteiger partial charge in [-0.15, -0.1) is 0 Å². The quantitative estimate of drug-likeness (QED) is 0.658. The Kier molecular flexibility index (Phi) is 2.13. The molecule has 1 rings (SSSR count). The summed E-state index contributed by atoms with van der Waals surface area (Å²) in [5.41, 5.74) is 3.44. The van der Waals surface area contributed by atoms with Crippen LogP contribution in [-0.2, 0) is 4.79 Å². The van der Waals surface area contributed by atoms with E-state index >= 15 is 0 Å². The lowest BCUT2D eigenvalue weighted by Crippen LogP contribution is -1.95. The molecule has 0 aliphatic heterocycles. The van der Waals surface area contributed by atoms with Gasteiger partial charge in [-0.25, -0.2) is 0 Å². The van der Waals surface area contributed by atoms with Crippen molar-refractivity contribution in [3.63, 3.8) is 0 Å². The minimum atomic E-state index is -0.745. The lowest BCUT2D eigenvalue weighted by Gasteiger charge is -1.96. The highest BCUT2D eigenvalue weighted by Crippen LogP contribution is 2.26. The lowest BCUT2D eigenvalue weighted by atomic mass is 10.1. The van der Waals surface area contributed by atoms with Crippen LogP contribution in [-0.4, -0.2) is 11.1 Å². The maximum atomic E-state index is 10.3. The average molecular weight is 152 g/mol. The molecule has 60 valence electrons. The van der Waals surface area contributed by atoms with Crippen molar-refractivity contribution in [2.75, 3.05) is 0 Å². The number of rotatable bonds is 2. The third-order valence-corrected chi connectivity index (χ3v) is 1.85. The van der Waals surface area contributed by atoms with Crippen molar-refractivity contribution in [1.29, 1.82) is 0 Å². The molecule has 0 saturated carbocycles. The highest BCUT2D eigenvalue weighted by Gasteiger charge is 2.11. The van der Waals surface area contributed by atoms with Crippen molar-refractivity contribution >= 4 is 5.97 Å². The topological polar surface area (TPSA) is 37.3 Å². The molecule has 0 aromatic rings. The average Bonchev–Trinajstić information content (AvgIpc) is 2.09. The fraction of sp³-hybridized carbons (Fsp3) is 0.444. The molecule has 0 amide bonds. The zero-order valence-electron chi connectivity index (χ0n) is 6.85. The predicted octanol–water partition coefficient (Wildman–Crippen LogP) is 2.13. The van der Waals surface area contributed by atoms with Crippen molar-refractivity contribution in [1.82, 2.24) is 0 Å². The van der Waals surface area contributed by atoms with Crippen LogP contribution >= 0.6 is 0 Å². The predicted molar refractivity (Wildman–Crippen MR) is 43.3 cm³/mol. The first kappa shape index (κ1) is 8.05. The van der Waals surface area contributed by atoms with Crippen molar-refractivity contribution in [2.45, 2.75) is 26.7 Å². The normalized spacial score (nSPS) is 17.1. The SMILES string of the molecule is CC1=CC(CC(=O)O)=C(C)C1. The Labute approximate surface area is 66.2 Å². The Morgan fingerprint density at radius 2 is 2.27 bits per heavy atom. The second-order valence-electron chi connectivity index (χ2n) is 3.04. The van der Waals surface area contributed by atoms with Crippen molar-refractivity contribution in [2.24, 2.45) is 0 Å². The van der Waals surface area contributed by atoms with Crippen LogP contribution in [0.25, 0.3) is 0 Å². The first-order valence-corrected chi connectivity index (χ1v) is 3.67. The van der Waals surface area contributed by atoms with E-state index in [1.165, 1.54) is 11.1 Å². The van der Waals surface area contributed by atoms with E-state index < -0.39 is 5.97 Å². The summed E-state index contributed by atoms with van der Waals surface area (Å²) in [7, 11) is 0. The van der Waals surface area contributed by atoms with E-state index in [4.69, 9.17) is 5.11 Å².